The van der Waals surface area contributed by atoms with Gasteiger partial charge in [0, 0.05) is 12.7 Å². The summed E-state index contributed by atoms with van der Waals surface area (Å²) in [6, 6.07) is 5.29. The number of nitrogens with one attached hydrogen (secondary N) is 1. The van der Waals surface area contributed by atoms with E-state index in [0.29, 0.717) is 6.42 Å². The van der Waals surface area contributed by atoms with Crippen LogP contribution < -0.4 is 11.1 Å². The fourth-order valence-electron chi connectivity index (χ4n) is 2.20. The largest absolute Gasteiger partial charge is 0.335 e. The topological polar surface area (TPSA) is 75.4 Å². The van der Waals surface area contributed by atoms with Crippen molar-refractivity contribution in [1.82, 2.24) is 4.90 Å². The molecule has 5 nitrogen and oxygen atoms in total. The lowest BCUT2D eigenvalue weighted by molar-refractivity contribution is -0.134. The molecule has 1 rings (SSSR count). The second-order valence-electron chi connectivity index (χ2n) is 5.40. The molecular formula is C16H25N3O2. The number of likely N-dealkylation sites (N-methyl/N-ethyl adjacent to an activating group) is 1. The van der Waals surface area contributed by atoms with Crippen LogP contribution in [0.3, 0.4) is 0 Å². The molecule has 0 radical (unpaired) electrons. The lowest BCUT2D eigenvalue weighted by Crippen LogP contribution is -2.44. The zero-order valence-corrected chi connectivity index (χ0v) is 13.3. The second-order valence-corrected chi connectivity index (χ2v) is 5.40. The van der Waals surface area contributed by atoms with Crippen molar-refractivity contribution in [2.75, 3.05) is 18.9 Å². The Morgan fingerprint density at radius 3 is 2.38 bits per heavy atom. The summed E-state index contributed by atoms with van der Waals surface area (Å²) in [5.41, 5.74) is 8.59. The van der Waals surface area contributed by atoms with E-state index in [2.05, 4.69) is 5.32 Å². The molecule has 0 aliphatic rings. The van der Waals surface area contributed by atoms with Gasteiger partial charge in [0.2, 0.25) is 11.8 Å². The van der Waals surface area contributed by atoms with Crippen molar-refractivity contribution < 1.29 is 9.59 Å². The minimum atomic E-state index is -0.534. The summed E-state index contributed by atoms with van der Waals surface area (Å²) < 4.78 is 0. The Balaban J connectivity index is 2.63. The van der Waals surface area contributed by atoms with Gasteiger partial charge in [0.25, 0.3) is 0 Å². The summed E-state index contributed by atoms with van der Waals surface area (Å²) in [5, 5.41) is 2.86. The summed E-state index contributed by atoms with van der Waals surface area (Å²) >= 11 is 0. The molecule has 0 bridgehead atoms. The number of hydrogen-bond acceptors (Lipinski definition) is 3. The number of carbonyl (C=O) groups is 2. The van der Waals surface area contributed by atoms with Crippen LogP contribution in [0.4, 0.5) is 5.69 Å². The van der Waals surface area contributed by atoms with Crippen molar-refractivity contribution in [3.63, 3.8) is 0 Å². The third-order valence-corrected chi connectivity index (χ3v) is 3.42. The van der Waals surface area contributed by atoms with E-state index < -0.39 is 6.04 Å². The number of nitrogens with two attached hydrogens (primary N) is 1. The standard InChI is InChI=1S/C16H25N3O2/c1-5-7-13(17)16(21)19(4)10-14(20)18-15-11(2)8-6-9-12(15)3/h6,8-9,13H,5,7,10,17H2,1-4H3,(H,18,20). The summed E-state index contributed by atoms with van der Waals surface area (Å²) in [7, 11) is 1.60. The maximum Gasteiger partial charge on any atom is 0.243 e. The first kappa shape index (κ1) is 17.2. The molecule has 0 saturated heterocycles. The number of benzene rings is 1. The number of aryl methyl sites for hydroxylation is 2. The normalized spacial score (nSPS) is 11.9. The Bertz CT molecular complexity index is 494. The molecule has 116 valence electrons. The van der Waals surface area contributed by atoms with Crippen molar-refractivity contribution in [3.8, 4) is 0 Å². The van der Waals surface area contributed by atoms with Crippen LogP contribution in [0, 0.1) is 13.8 Å². The summed E-state index contributed by atoms with van der Waals surface area (Å²) in [6.07, 6.45) is 1.47. The van der Waals surface area contributed by atoms with E-state index in [-0.39, 0.29) is 18.4 Å². The summed E-state index contributed by atoms with van der Waals surface area (Å²) in [5.74, 6) is -0.416. The molecule has 1 aromatic rings. The highest BCUT2D eigenvalue weighted by Gasteiger charge is 2.19. The molecule has 1 aromatic carbocycles. The van der Waals surface area contributed by atoms with Crippen molar-refractivity contribution in [2.24, 2.45) is 5.73 Å². The van der Waals surface area contributed by atoms with Crippen LogP contribution in [-0.2, 0) is 9.59 Å². The molecule has 0 saturated carbocycles. The van der Waals surface area contributed by atoms with Crippen LogP contribution in [0.1, 0.15) is 30.9 Å². The van der Waals surface area contributed by atoms with E-state index in [1.165, 1.54) is 4.90 Å². The van der Waals surface area contributed by atoms with Gasteiger partial charge in [-0.2, -0.15) is 0 Å². The fraction of sp³-hybridized carbons (Fsp3) is 0.500. The monoisotopic (exact) mass is 291 g/mol. The number of carbonyl (C=O) groups excluding carboxylic acids is 2. The molecule has 0 heterocycles. The Morgan fingerprint density at radius 2 is 1.86 bits per heavy atom. The molecule has 0 spiro atoms. The van der Waals surface area contributed by atoms with Gasteiger partial charge in [0.1, 0.15) is 0 Å². The predicted molar refractivity (Wildman–Crippen MR) is 85.1 cm³/mol. The summed E-state index contributed by atoms with van der Waals surface area (Å²) in [4.78, 5) is 25.4. The van der Waals surface area contributed by atoms with Gasteiger partial charge in [-0.25, -0.2) is 0 Å². The average Bonchev–Trinajstić information content (AvgIpc) is 2.42. The van der Waals surface area contributed by atoms with Gasteiger partial charge in [0.15, 0.2) is 0 Å². The smallest absolute Gasteiger partial charge is 0.243 e. The van der Waals surface area contributed by atoms with Gasteiger partial charge in [0.05, 0.1) is 12.6 Å². The number of para-hydroxylation sites is 1. The van der Waals surface area contributed by atoms with Crippen LogP contribution in [0.25, 0.3) is 0 Å². The minimum Gasteiger partial charge on any atom is -0.335 e. The third-order valence-electron chi connectivity index (χ3n) is 3.42. The third kappa shape index (κ3) is 4.86. The highest BCUT2D eigenvalue weighted by atomic mass is 16.2. The van der Waals surface area contributed by atoms with Crippen molar-refractivity contribution in [2.45, 2.75) is 39.7 Å². The number of amides is 2. The molecule has 5 heteroatoms. The molecule has 21 heavy (non-hydrogen) atoms. The van der Waals surface area contributed by atoms with E-state index in [1.807, 2.05) is 39.0 Å². The first-order valence-corrected chi connectivity index (χ1v) is 7.23. The maximum absolute atomic E-state index is 12.1. The van der Waals surface area contributed by atoms with E-state index in [9.17, 15) is 9.59 Å². The van der Waals surface area contributed by atoms with Gasteiger partial charge >= 0.3 is 0 Å². The molecule has 0 aliphatic heterocycles. The highest BCUT2D eigenvalue weighted by Crippen LogP contribution is 2.19. The van der Waals surface area contributed by atoms with E-state index >= 15 is 0 Å². The average molecular weight is 291 g/mol. The van der Waals surface area contributed by atoms with Gasteiger partial charge in [-0.15, -0.1) is 0 Å². The van der Waals surface area contributed by atoms with Crippen LogP contribution in [0.15, 0.2) is 18.2 Å². The number of anilines is 1. The maximum atomic E-state index is 12.1. The molecule has 3 N–H and O–H groups in total. The molecule has 2 amide bonds. The van der Waals surface area contributed by atoms with Crippen LogP contribution in [-0.4, -0.2) is 36.3 Å². The van der Waals surface area contributed by atoms with Crippen LogP contribution >= 0.6 is 0 Å². The van der Waals surface area contributed by atoms with Gasteiger partial charge < -0.3 is 16.0 Å². The molecule has 0 aliphatic carbocycles. The van der Waals surface area contributed by atoms with Gasteiger partial charge in [-0.3, -0.25) is 9.59 Å². The number of nitrogens with zero attached hydrogens (tertiary/aromatic N) is 1. The van der Waals surface area contributed by atoms with Crippen LogP contribution in [0.2, 0.25) is 0 Å². The Kier molecular flexibility index (Phi) is 6.37. The second kappa shape index (κ2) is 7.78. The SMILES string of the molecule is CCCC(N)C(=O)N(C)CC(=O)Nc1c(C)cccc1C. The van der Waals surface area contributed by atoms with Gasteiger partial charge in [-0.1, -0.05) is 31.5 Å². The minimum absolute atomic E-state index is 0.00399. The van der Waals surface area contributed by atoms with E-state index in [4.69, 9.17) is 5.73 Å². The van der Waals surface area contributed by atoms with Crippen LogP contribution in [0.5, 0.6) is 0 Å². The zero-order chi connectivity index (χ0) is 16.0. The lowest BCUT2D eigenvalue weighted by atomic mass is 10.1. The van der Waals surface area contributed by atoms with Crippen molar-refractivity contribution >= 4 is 17.5 Å². The Morgan fingerprint density at radius 1 is 1.29 bits per heavy atom. The molecule has 1 unspecified atom stereocenters. The molecular weight excluding hydrogens is 266 g/mol. The zero-order valence-electron chi connectivity index (χ0n) is 13.3. The highest BCUT2D eigenvalue weighted by molar-refractivity contribution is 5.96. The first-order valence-electron chi connectivity index (χ1n) is 7.23. The van der Waals surface area contributed by atoms with Crippen molar-refractivity contribution in [3.05, 3.63) is 29.3 Å². The molecule has 1 atom stereocenters. The fourth-order valence-corrected chi connectivity index (χ4v) is 2.20. The Hall–Kier alpha value is -1.88. The van der Waals surface area contributed by atoms with E-state index in [0.717, 1.165) is 23.2 Å². The van der Waals surface area contributed by atoms with Gasteiger partial charge in [-0.05, 0) is 31.4 Å². The molecule has 0 fully saturated rings. The number of rotatable bonds is 6. The molecule has 0 aromatic heterocycles. The summed E-state index contributed by atoms with van der Waals surface area (Å²) in [6.45, 7) is 5.86. The lowest BCUT2D eigenvalue weighted by Gasteiger charge is -2.21. The van der Waals surface area contributed by atoms with E-state index in [1.54, 1.807) is 7.05 Å². The number of hydrogen-bond donors (Lipinski definition) is 2. The quantitative estimate of drug-likeness (QED) is 0.839. The Labute approximate surface area is 126 Å². The first-order chi connectivity index (χ1) is 9.86. The predicted octanol–water partition coefficient (Wildman–Crippen LogP) is 1.83. The van der Waals surface area contributed by atoms with Crippen molar-refractivity contribution in [1.29, 1.82) is 0 Å².